The first-order valence-corrected chi connectivity index (χ1v) is 8.29. The lowest BCUT2D eigenvalue weighted by Gasteiger charge is -2.24. The molecule has 1 nitrogen and oxygen atoms in total. The van der Waals surface area contributed by atoms with E-state index < -0.39 is 0 Å². The second kappa shape index (κ2) is 7.85. The van der Waals surface area contributed by atoms with Crippen molar-refractivity contribution < 1.29 is 0 Å². The lowest BCUT2D eigenvalue weighted by atomic mass is 9.94. The number of nitrogens with one attached hydrogen (secondary N) is 1. The second-order valence-electron chi connectivity index (χ2n) is 5.74. The minimum Gasteiger partial charge on any atom is -0.306 e. The summed E-state index contributed by atoms with van der Waals surface area (Å²) in [4.78, 5) is 0. The fraction of sp³-hybridized carbons (Fsp3) is 0.556. The van der Waals surface area contributed by atoms with Crippen molar-refractivity contribution in [3.05, 3.63) is 46.0 Å². The summed E-state index contributed by atoms with van der Waals surface area (Å²) in [5, 5.41) is 4.62. The molecule has 110 valence electrons. The summed E-state index contributed by atoms with van der Waals surface area (Å²) in [5.74, 6) is 0. The van der Waals surface area contributed by atoms with Gasteiger partial charge in [-0.15, -0.1) is 0 Å². The molecule has 0 fully saturated rings. The van der Waals surface area contributed by atoms with Crippen LogP contribution in [0.2, 0.25) is 5.02 Å². The van der Waals surface area contributed by atoms with E-state index in [9.17, 15) is 0 Å². The van der Waals surface area contributed by atoms with Gasteiger partial charge in [0.1, 0.15) is 0 Å². The van der Waals surface area contributed by atoms with E-state index >= 15 is 0 Å². The van der Waals surface area contributed by atoms with Crippen molar-refractivity contribution in [1.29, 1.82) is 0 Å². The highest BCUT2D eigenvalue weighted by Gasteiger charge is 2.19. The summed E-state index contributed by atoms with van der Waals surface area (Å²) in [7, 11) is 0. The maximum Gasteiger partial charge on any atom is 0.0550 e. The first-order chi connectivity index (χ1) is 9.74. The summed E-state index contributed by atoms with van der Waals surface area (Å²) in [6.45, 7) is 5.33. The number of rotatable bonds is 5. The van der Waals surface area contributed by atoms with Crippen molar-refractivity contribution >= 4 is 11.6 Å². The molecular weight excluding hydrogens is 266 g/mol. The molecule has 1 aliphatic carbocycles. The van der Waals surface area contributed by atoms with Crippen molar-refractivity contribution in [2.75, 3.05) is 6.54 Å². The van der Waals surface area contributed by atoms with E-state index in [1.54, 1.807) is 0 Å². The molecule has 1 N–H and O–H groups in total. The second-order valence-corrected chi connectivity index (χ2v) is 6.12. The van der Waals surface area contributed by atoms with Gasteiger partial charge in [-0.1, -0.05) is 54.8 Å². The van der Waals surface area contributed by atoms with E-state index in [1.165, 1.54) is 48.8 Å². The standard InChI is InChI=1S/C18H26ClN/c1-3-13-20-18(15-10-6-4-5-7-11-15)16-12-8-9-14(2)17(16)19/h8-10,12,18,20H,3-7,11,13H2,1-2H3. The van der Waals surface area contributed by atoms with Crippen LogP contribution in [0.1, 0.15) is 62.6 Å². The van der Waals surface area contributed by atoms with Crippen LogP contribution in [0.5, 0.6) is 0 Å². The summed E-state index contributed by atoms with van der Waals surface area (Å²) in [5.41, 5.74) is 3.94. The minimum absolute atomic E-state index is 0.292. The molecule has 1 aromatic carbocycles. The maximum atomic E-state index is 6.56. The highest BCUT2D eigenvalue weighted by Crippen LogP contribution is 2.34. The smallest absolute Gasteiger partial charge is 0.0550 e. The molecule has 0 aliphatic heterocycles. The molecule has 0 heterocycles. The van der Waals surface area contributed by atoms with E-state index in [0.29, 0.717) is 6.04 Å². The predicted octanol–water partition coefficient (Wildman–Crippen LogP) is 5.58. The Morgan fingerprint density at radius 3 is 2.90 bits per heavy atom. The fourth-order valence-corrected chi connectivity index (χ4v) is 3.16. The van der Waals surface area contributed by atoms with Crippen LogP contribution in [0.3, 0.4) is 0 Å². The topological polar surface area (TPSA) is 12.0 Å². The molecule has 1 unspecified atom stereocenters. The SMILES string of the molecule is CCCNC(C1=CCCCCC1)c1cccc(C)c1Cl. The molecule has 1 aliphatic rings. The molecule has 0 bridgehead atoms. The first-order valence-electron chi connectivity index (χ1n) is 7.91. The van der Waals surface area contributed by atoms with Gasteiger partial charge in [-0.3, -0.25) is 0 Å². The summed E-state index contributed by atoms with van der Waals surface area (Å²) < 4.78 is 0. The Balaban J connectivity index is 2.30. The van der Waals surface area contributed by atoms with Crippen molar-refractivity contribution in [1.82, 2.24) is 5.32 Å². The average molecular weight is 292 g/mol. The zero-order chi connectivity index (χ0) is 14.4. The van der Waals surface area contributed by atoms with Crippen molar-refractivity contribution in [2.24, 2.45) is 0 Å². The Hall–Kier alpha value is -0.790. The lowest BCUT2D eigenvalue weighted by Crippen LogP contribution is -2.24. The zero-order valence-corrected chi connectivity index (χ0v) is 13.5. The average Bonchev–Trinajstić information content (AvgIpc) is 2.73. The quantitative estimate of drug-likeness (QED) is 0.698. The predicted molar refractivity (Wildman–Crippen MR) is 88.4 cm³/mol. The van der Waals surface area contributed by atoms with E-state index in [0.717, 1.165) is 18.0 Å². The fourth-order valence-electron chi connectivity index (χ4n) is 2.92. The molecule has 0 saturated heterocycles. The van der Waals surface area contributed by atoms with Gasteiger partial charge in [0.2, 0.25) is 0 Å². The Morgan fingerprint density at radius 1 is 1.25 bits per heavy atom. The van der Waals surface area contributed by atoms with Crippen molar-refractivity contribution in [3.63, 3.8) is 0 Å². The molecule has 0 amide bonds. The Morgan fingerprint density at radius 2 is 2.10 bits per heavy atom. The van der Waals surface area contributed by atoms with Gasteiger partial charge in [0.05, 0.1) is 6.04 Å². The summed E-state index contributed by atoms with van der Waals surface area (Å²) >= 11 is 6.56. The molecule has 20 heavy (non-hydrogen) atoms. The van der Waals surface area contributed by atoms with Gasteiger partial charge in [0.15, 0.2) is 0 Å². The van der Waals surface area contributed by atoms with Crippen molar-refractivity contribution in [3.8, 4) is 0 Å². The highest BCUT2D eigenvalue weighted by molar-refractivity contribution is 6.32. The molecule has 1 atom stereocenters. The molecule has 1 aromatic rings. The van der Waals surface area contributed by atoms with E-state index in [2.05, 4.69) is 43.4 Å². The molecule has 2 heteroatoms. The monoisotopic (exact) mass is 291 g/mol. The number of allylic oxidation sites excluding steroid dienone is 1. The van der Waals surface area contributed by atoms with E-state index in [1.807, 2.05) is 0 Å². The molecular formula is C18H26ClN. The number of benzene rings is 1. The van der Waals surface area contributed by atoms with Crippen LogP contribution in [-0.4, -0.2) is 6.54 Å². The van der Waals surface area contributed by atoms with Crippen LogP contribution in [0.4, 0.5) is 0 Å². The van der Waals surface area contributed by atoms with E-state index in [4.69, 9.17) is 11.6 Å². The number of aryl methyl sites for hydroxylation is 1. The zero-order valence-electron chi connectivity index (χ0n) is 12.7. The van der Waals surface area contributed by atoms with Crippen LogP contribution < -0.4 is 5.32 Å². The molecule has 0 aromatic heterocycles. The van der Waals surface area contributed by atoms with Gasteiger partial charge in [-0.2, -0.15) is 0 Å². The maximum absolute atomic E-state index is 6.56. The molecule has 0 radical (unpaired) electrons. The third kappa shape index (κ3) is 3.86. The lowest BCUT2D eigenvalue weighted by molar-refractivity contribution is 0.567. The Bertz CT molecular complexity index is 464. The molecule has 2 rings (SSSR count). The van der Waals surface area contributed by atoms with Crippen LogP contribution in [0, 0.1) is 6.92 Å². The third-order valence-corrected chi connectivity index (χ3v) is 4.59. The van der Waals surface area contributed by atoms with Gasteiger partial charge < -0.3 is 5.32 Å². The molecule has 0 spiro atoms. The largest absolute Gasteiger partial charge is 0.306 e. The van der Waals surface area contributed by atoms with Crippen LogP contribution in [0.15, 0.2) is 29.8 Å². The summed E-state index contributed by atoms with van der Waals surface area (Å²) in [6.07, 6.45) is 9.98. The highest BCUT2D eigenvalue weighted by atomic mass is 35.5. The van der Waals surface area contributed by atoms with Gasteiger partial charge in [-0.05, 0) is 56.7 Å². The number of hydrogen-bond donors (Lipinski definition) is 1. The third-order valence-electron chi connectivity index (χ3n) is 4.08. The molecule has 0 saturated carbocycles. The van der Waals surface area contributed by atoms with Gasteiger partial charge in [0.25, 0.3) is 0 Å². The van der Waals surface area contributed by atoms with Crippen LogP contribution in [0.25, 0.3) is 0 Å². The normalized spacial score (nSPS) is 17.4. The van der Waals surface area contributed by atoms with Crippen molar-refractivity contribution in [2.45, 2.75) is 58.4 Å². The number of hydrogen-bond acceptors (Lipinski definition) is 1. The van der Waals surface area contributed by atoms with Crippen LogP contribution >= 0.6 is 11.6 Å². The van der Waals surface area contributed by atoms with Gasteiger partial charge in [-0.25, -0.2) is 0 Å². The van der Waals surface area contributed by atoms with Crippen LogP contribution in [-0.2, 0) is 0 Å². The minimum atomic E-state index is 0.292. The van der Waals surface area contributed by atoms with Gasteiger partial charge >= 0.3 is 0 Å². The summed E-state index contributed by atoms with van der Waals surface area (Å²) in [6, 6.07) is 6.67. The van der Waals surface area contributed by atoms with Gasteiger partial charge in [0, 0.05) is 5.02 Å². The van der Waals surface area contributed by atoms with E-state index in [-0.39, 0.29) is 0 Å². The Kier molecular flexibility index (Phi) is 6.12. The number of halogens is 1. The first kappa shape index (κ1) is 15.6. The Labute approximate surface area is 128 Å².